The molecule has 1 aromatic heterocycles. The summed E-state index contributed by atoms with van der Waals surface area (Å²) in [4.78, 5) is 17.9. The number of likely N-dealkylation sites (N-methyl/N-ethyl adjacent to an activating group) is 1. The normalized spacial score (nSPS) is 11.5. The molecular weight excluding hydrogens is 296 g/mol. The molecule has 0 saturated carbocycles. The highest BCUT2D eigenvalue weighted by atomic mass is 32.1. The zero-order valence-electron chi connectivity index (χ0n) is 13.4. The number of nitrogens with one attached hydrogen (secondary N) is 1. The fraction of sp³-hybridized carbons (Fsp3) is 0.471. The van der Waals surface area contributed by atoms with E-state index in [4.69, 9.17) is 5.11 Å². The summed E-state index contributed by atoms with van der Waals surface area (Å²) in [5.74, 6) is 0.496. The average molecular weight is 320 g/mol. The summed E-state index contributed by atoms with van der Waals surface area (Å²) < 4.78 is 0. The quantitative estimate of drug-likeness (QED) is 0.824. The van der Waals surface area contributed by atoms with Gasteiger partial charge in [-0.1, -0.05) is 56.4 Å². The SMILES string of the molecule is CCN(CCO)Cc1sc(=O)[nH]c1-c1ccc(C(C)C)cc1. The monoisotopic (exact) mass is 320 g/mol. The summed E-state index contributed by atoms with van der Waals surface area (Å²) in [6.07, 6.45) is 0. The summed E-state index contributed by atoms with van der Waals surface area (Å²) in [6, 6.07) is 8.37. The molecule has 0 aliphatic heterocycles. The van der Waals surface area contributed by atoms with Gasteiger partial charge >= 0.3 is 4.87 Å². The van der Waals surface area contributed by atoms with Crippen LogP contribution >= 0.6 is 11.3 Å². The number of nitrogens with zero attached hydrogens (tertiary/aromatic N) is 1. The van der Waals surface area contributed by atoms with Gasteiger partial charge in [-0.05, 0) is 23.6 Å². The fourth-order valence-electron chi connectivity index (χ4n) is 2.43. The highest BCUT2D eigenvalue weighted by Gasteiger charge is 2.13. The van der Waals surface area contributed by atoms with Gasteiger partial charge in [-0.2, -0.15) is 0 Å². The molecule has 0 aliphatic carbocycles. The molecule has 22 heavy (non-hydrogen) atoms. The van der Waals surface area contributed by atoms with Crippen molar-refractivity contribution >= 4 is 11.3 Å². The van der Waals surface area contributed by atoms with Crippen LogP contribution in [-0.4, -0.2) is 34.7 Å². The van der Waals surface area contributed by atoms with Gasteiger partial charge in [0, 0.05) is 18.0 Å². The van der Waals surface area contributed by atoms with Gasteiger partial charge < -0.3 is 10.1 Å². The molecule has 1 heterocycles. The Balaban J connectivity index is 2.29. The second-order valence-electron chi connectivity index (χ2n) is 5.68. The molecule has 0 aliphatic rings. The highest BCUT2D eigenvalue weighted by molar-refractivity contribution is 7.09. The third-order valence-electron chi connectivity index (χ3n) is 3.82. The maximum Gasteiger partial charge on any atom is 0.305 e. The van der Waals surface area contributed by atoms with Crippen LogP contribution in [0.2, 0.25) is 0 Å². The second kappa shape index (κ2) is 7.72. The molecule has 2 aromatic rings. The molecule has 0 atom stereocenters. The van der Waals surface area contributed by atoms with E-state index in [2.05, 4.69) is 54.9 Å². The predicted octanol–water partition coefficient (Wildman–Crippen LogP) is 3.04. The summed E-state index contributed by atoms with van der Waals surface area (Å²) in [7, 11) is 0. The first-order valence-corrected chi connectivity index (χ1v) is 8.52. The van der Waals surface area contributed by atoms with Gasteiger partial charge in [0.2, 0.25) is 0 Å². The van der Waals surface area contributed by atoms with Gasteiger partial charge in [0.05, 0.1) is 12.3 Å². The number of hydrogen-bond donors (Lipinski definition) is 2. The van der Waals surface area contributed by atoms with Crippen molar-refractivity contribution < 1.29 is 5.11 Å². The van der Waals surface area contributed by atoms with Gasteiger partial charge in [0.1, 0.15) is 0 Å². The topological polar surface area (TPSA) is 56.3 Å². The molecule has 0 saturated heterocycles. The van der Waals surface area contributed by atoms with Crippen LogP contribution in [0.1, 0.15) is 37.1 Å². The smallest absolute Gasteiger partial charge is 0.305 e. The lowest BCUT2D eigenvalue weighted by Crippen LogP contribution is -2.25. The molecule has 0 amide bonds. The molecule has 0 spiro atoms. The number of aromatic nitrogens is 1. The maximum atomic E-state index is 11.8. The van der Waals surface area contributed by atoms with Crippen molar-refractivity contribution in [2.24, 2.45) is 0 Å². The highest BCUT2D eigenvalue weighted by Crippen LogP contribution is 2.26. The summed E-state index contributed by atoms with van der Waals surface area (Å²) >= 11 is 1.25. The number of benzene rings is 1. The Bertz CT molecular complexity index is 643. The van der Waals surface area contributed by atoms with Crippen LogP contribution in [0, 0.1) is 0 Å². The van der Waals surface area contributed by atoms with Gasteiger partial charge in [-0.15, -0.1) is 0 Å². The van der Waals surface area contributed by atoms with Crippen LogP contribution in [-0.2, 0) is 6.54 Å². The van der Waals surface area contributed by atoms with Crippen molar-refractivity contribution in [1.29, 1.82) is 0 Å². The first kappa shape index (κ1) is 16.9. The lowest BCUT2D eigenvalue weighted by molar-refractivity contribution is 0.198. The minimum absolute atomic E-state index is 0.0296. The van der Waals surface area contributed by atoms with E-state index in [1.54, 1.807) is 0 Å². The molecule has 4 nitrogen and oxygen atoms in total. The van der Waals surface area contributed by atoms with Crippen LogP contribution in [0.5, 0.6) is 0 Å². The molecule has 2 N–H and O–H groups in total. The van der Waals surface area contributed by atoms with Crippen molar-refractivity contribution in [2.75, 3.05) is 19.7 Å². The van der Waals surface area contributed by atoms with E-state index in [1.807, 2.05) is 0 Å². The fourth-order valence-corrected chi connectivity index (χ4v) is 3.33. The predicted molar refractivity (Wildman–Crippen MR) is 92.5 cm³/mol. The van der Waals surface area contributed by atoms with Crippen LogP contribution in [0.3, 0.4) is 0 Å². The summed E-state index contributed by atoms with van der Waals surface area (Å²) in [5.41, 5.74) is 3.23. The lowest BCUT2D eigenvalue weighted by atomic mass is 10.0. The van der Waals surface area contributed by atoms with Crippen LogP contribution in [0.15, 0.2) is 29.1 Å². The Morgan fingerprint density at radius 2 is 1.95 bits per heavy atom. The first-order chi connectivity index (χ1) is 10.5. The number of H-pyrrole nitrogens is 1. The first-order valence-electron chi connectivity index (χ1n) is 7.70. The number of aromatic amines is 1. The Hall–Kier alpha value is -1.43. The third-order valence-corrected chi connectivity index (χ3v) is 4.69. The van der Waals surface area contributed by atoms with Crippen molar-refractivity contribution in [2.45, 2.75) is 33.2 Å². The molecule has 1 aromatic carbocycles. The maximum absolute atomic E-state index is 11.8. The van der Waals surface area contributed by atoms with Crippen LogP contribution < -0.4 is 4.87 Å². The number of aliphatic hydroxyl groups is 1. The molecule has 2 rings (SSSR count). The van der Waals surface area contributed by atoms with Crippen molar-refractivity contribution in [1.82, 2.24) is 9.88 Å². The molecular formula is C17H24N2O2S. The molecule has 0 radical (unpaired) electrons. The minimum Gasteiger partial charge on any atom is -0.395 e. The van der Waals surface area contributed by atoms with Crippen molar-refractivity contribution in [3.05, 3.63) is 44.4 Å². The van der Waals surface area contributed by atoms with Gasteiger partial charge in [-0.3, -0.25) is 9.69 Å². The largest absolute Gasteiger partial charge is 0.395 e. The van der Waals surface area contributed by atoms with E-state index in [1.165, 1.54) is 16.9 Å². The average Bonchev–Trinajstić information content (AvgIpc) is 2.87. The van der Waals surface area contributed by atoms with E-state index >= 15 is 0 Å². The molecule has 120 valence electrons. The Labute approximate surface area is 135 Å². The molecule has 5 heteroatoms. The van der Waals surface area contributed by atoms with Crippen molar-refractivity contribution in [3.63, 3.8) is 0 Å². The number of hydrogen-bond acceptors (Lipinski definition) is 4. The van der Waals surface area contributed by atoms with Crippen LogP contribution in [0.4, 0.5) is 0 Å². The lowest BCUT2D eigenvalue weighted by Gasteiger charge is -2.18. The van der Waals surface area contributed by atoms with Crippen molar-refractivity contribution in [3.8, 4) is 11.3 Å². The van der Waals surface area contributed by atoms with E-state index < -0.39 is 0 Å². The number of rotatable bonds is 7. The van der Waals surface area contributed by atoms with Gasteiger partial charge in [-0.25, -0.2) is 0 Å². The van der Waals surface area contributed by atoms with Gasteiger partial charge in [0.15, 0.2) is 0 Å². The van der Waals surface area contributed by atoms with E-state index in [9.17, 15) is 4.79 Å². The van der Waals surface area contributed by atoms with E-state index in [-0.39, 0.29) is 11.5 Å². The zero-order valence-corrected chi connectivity index (χ0v) is 14.2. The number of aliphatic hydroxyl groups excluding tert-OH is 1. The van der Waals surface area contributed by atoms with E-state index in [0.29, 0.717) is 19.0 Å². The third kappa shape index (κ3) is 4.06. The summed E-state index contributed by atoms with van der Waals surface area (Å²) in [5, 5.41) is 9.11. The second-order valence-corrected chi connectivity index (χ2v) is 6.75. The van der Waals surface area contributed by atoms with E-state index in [0.717, 1.165) is 22.7 Å². The standard InChI is InChI=1S/C17H24N2O2S/c1-4-19(9-10-20)11-15-16(18-17(21)22-15)14-7-5-13(6-8-14)12(2)3/h5-8,12,20H,4,9-11H2,1-3H3,(H,18,21). The Morgan fingerprint density at radius 3 is 2.50 bits per heavy atom. The molecule has 0 unspecified atom stereocenters. The molecule has 0 bridgehead atoms. The van der Waals surface area contributed by atoms with Crippen LogP contribution in [0.25, 0.3) is 11.3 Å². The summed E-state index contributed by atoms with van der Waals surface area (Å²) in [6.45, 7) is 8.67. The Kier molecular flexibility index (Phi) is 5.94. The number of thiazole rings is 1. The Morgan fingerprint density at radius 1 is 1.27 bits per heavy atom. The zero-order chi connectivity index (χ0) is 16.1. The molecule has 0 fully saturated rings. The minimum atomic E-state index is -0.0296. The van der Waals surface area contributed by atoms with Gasteiger partial charge in [0.25, 0.3) is 0 Å².